The standard InChI is InChI=1S/C16H24N4O2/c1-18-5-7-19(8-6-18)13-10-20(11-13)16(21)12-3-4-14(17)15(9-12)22-2/h3-4,9,13H,5-8,10-11,17H2,1-2H3. The number of ether oxygens (including phenoxy) is 1. The van der Waals surface area contributed by atoms with E-state index in [2.05, 4.69) is 16.8 Å². The van der Waals surface area contributed by atoms with Gasteiger partial charge >= 0.3 is 0 Å². The van der Waals surface area contributed by atoms with Crippen LogP contribution in [0.3, 0.4) is 0 Å². The molecular formula is C16H24N4O2. The number of rotatable bonds is 3. The van der Waals surface area contributed by atoms with Crippen molar-refractivity contribution in [1.29, 1.82) is 0 Å². The first kappa shape index (κ1) is 15.1. The number of likely N-dealkylation sites (N-methyl/N-ethyl adjacent to an activating group) is 1. The quantitative estimate of drug-likeness (QED) is 0.817. The van der Waals surface area contributed by atoms with E-state index in [1.54, 1.807) is 25.3 Å². The van der Waals surface area contributed by atoms with Crippen molar-refractivity contribution in [3.63, 3.8) is 0 Å². The molecule has 0 aromatic heterocycles. The van der Waals surface area contributed by atoms with Crippen molar-refractivity contribution in [1.82, 2.24) is 14.7 Å². The van der Waals surface area contributed by atoms with E-state index >= 15 is 0 Å². The number of amides is 1. The van der Waals surface area contributed by atoms with Crippen molar-refractivity contribution >= 4 is 11.6 Å². The number of carbonyl (C=O) groups excluding carboxylic acids is 1. The van der Waals surface area contributed by atoms with Gasteiger partial charge in [0.15, 0.2) is 0 Å². The van der Waals surface area contributed by atoms with E-state index < -0.39 is 0 Å². The summed E-state index contributed by atoms with van der Waals surface area (Å²) in [5.41, 5.74) is 6.99. The normalized spacial score (nSPS) is 20.7. The zero-order valence-electron chi connectivity index (χ0n) is 13.3. The number of nitrogens with zero attached hydrogens (tertiary/aromatic N) is 3. The van der Waals surface area contributed by atoms with Crippen LogP contribution in [0.5, 0.6) is 5.75 Å². The maximum absolute atomic E-state index is 12.5. The van der Waals surface area contributed by atoms with Crippen LogP contribution in [0.25, 0.3) is 0 Å². The molecule has 2 aliphatic rings. The number of carbonyl (C=O) groups is 1. The first-order valence-corrected chi connectivity index (χ1v) is 7.74. The molecule has 0 atom stereocenters. The summed E-state index contributed by atoms with van der Waals surface area (Å²) in [4.78, 5) is 19.2. The smallest absolute Gasteiger partial charge is 0.254 e. The Labute approximate surface area is 131 Å². The van der Waals surface area contributed by atoms with E-state index in [0.717, 1.165) is 39.3 Å². The third-order valence-electron chi connectivity index (χ3n) is 4.68. The fourth-order valence-corrected chi connectivity index (χ4v) is 3.07. The molecule has 2 saturated heterocycles. The van der Waals surface area contributed by atoms with Gasteiger partial charge in [0.05, 0.1) is 12.8 Å². The van der Waals surface area contributed by atoms with Gasteiger partial charge in [0.2, 0.25) is 0 Å². The number of nitrogens with two attached hydrogens (primary N) is 1. The van der Waals surface area contributed by atoms with Crippen LogP contribution in [0.15, 0.2) is 18.2 Å². The minimum absolute atomic E-state index is 0.0590. The number of hydrogen-bond donors (Lipinski definition) is 1. The van der Waals surface area contributed by atoms with Gasteiger partial charge in [0, 0.05) is 50.9 Å². The van der Waals surface area contributed by atoms with Crippen LogP contribution in [0.2, 0.25) is 0 Å². The van der Waals surface area contributed by atoms with Gasteiger partial charge in [0.1, 0.15) is 5.75 Å². The largest absolute Gasteiger partial charge is 0.495 e. The molecule has 2 fully saturated rings. The molecule has 1 amide bonds. The Bertz CT molecular complexity index is 549. The van der Waals surface area contributed by atoms with Crippen molar-refractivity contribution in [3.05, 3.63) is 23.8 Å². The monoisotopic (exact) mass is 304 g/mol. The fourth-order valence-electron chi connectivity index (χ4n) is 3.07. The average molecular weight is 304 g/mol. The highest BCUT2D eigenvalue weighted by molar-refractivity contribution is 5.95. The van der Waals surface area contributed by atoms with Crippen molar-refractivity contribution in [3.8, 4) is 5.75 Å². The van der Waals surface area contributed by atoms with Gasteiger partial charge in [-0.25, -0.2) is 0 Å². The number of anilines is 1. The van der Waals surface area contributed by atoms with Crippen LogP contribution >= 0.6 is 0 Å². The third kappa shape index (κ3) is 2.89. The first-order valence-electron chi connectivity index (χ1n) is 7.74. The fraction of sp³-hybridized carbons (Fsp3) is 0.562. The van der Waals surface area contributed by atoms with Crippen molar-refractivity contribution in [2.45, 2.75) is 6.04 Å². The van der Waals surface area contributed by atoms with Gasteiger partial charge in [-0.2, -0.15) is 0 Å². The second kappa shape index (κ2) is 6.14. The van der Waals surface area contributed by atoms with Gasteiger partial charge < -0.3 is 20.3 Å². The highest BCUT2D eigenvalue weighted by Gasteiger charge is 2.36. The number of methoxy groups -OCH3 is 1. The second-order valence-electron chi connectivity index (χ2n) is 6.16. The molecule has 6 heteroatoms. The maximum atomic E-state index is 12.5. The number of nitrogen functional groups attached to an aromatic ring is 1. The molecule has 2 heterocycles. The number of benzene rings is 1. The van der Waals surface area contributed by atoms with Gasteiger partial charge in [-0.1, -0.05) is 0 Å². The number of piperazine rings is 1. The zero-order chi connectivity index (χ0) is 15.7. The summed E-state index contributed by atoms with van der Waals surface area (Å²) in [5, 5.41) is 0. The molecule has 6 nitrogen and oxygen atoms in total. The lowest BCUT2D eigenvalue weighted by atomic mass is 10.0. The van der Waals surface area contributed by atoms with Crippen LogP contribution < -0.4 is 10.5 Å². The Morgan fingerprint density at radius 3 is 2.55 bits per heavy atom. The summed E-state index contributed by atoms with van der Waals surface area (Å²) < 4.78 is 5.18. The minimum atomic E-state index is 0.0590. The number of likely N-dealkylation sites (tertiary alicyclic amines) is 1. The average Bonchev–Trinajstić information content (AvgIpc) is 2.48. The molecule has 0 radical (unpaired) electrons. The van der Waals surface area contributed by atoms with E-state index in [9.17, 15) is 4.79 Å². The predicted molar refractivity (Wildman–Crippen MR) is 86.2 cm³/mol. The lowest BCUT2D eigenvalue weighted by Crippen LogP contribution is -2.63. The lowest BCUT2D eigenvalue weighted by molar-refractivity contribution is 0.0110. The molecule has 0 unspecified atom stereocenters. The Morgan fingerprint density at radius 2 is 1.91 bits per heavy atom. The molecule has 0 saturated carbocycles. The number of hydrogen-bond acceptors (Lipinski definition) is 5. The molecule has 0 spiro atoms. The van der Waals surface area contributed by atoms with Crippen LogP contribution in [0, 0.1) is 0 Å². The molecule has 1 aromatic carbocycles. The molecular weight excluding hydrogens is 280 g/mol. The van der Waals surface area contributed by atoms with E-state index in [1.165, 1.54) is 0 Å². The van der Waals surface area contributed by atoms with E-state index in [-0.39, 0.29) is 5.91 Å². The molecule has 2 N–H and O–H groups in total. The topological polar surface area (TPSA) is 62.0 Å². The van der Waals surface area contributed by atoms with E-state index in [0.29, 0.717) is 23.0 Å². The Balaban J connectivity index is 1.57. The highest BCUT2D eigenvalue weighted by Crippen LogP contribution is 2.25. The summed E-state index contributed by atoms with van der Waals surface area (Å²) in [5.74, 6) is 0.616. The lowest BCUT2D eigenvalue weighted by Gasteiger charge is -2.47. The molecule has 3 rings (SSSR count). The first-order chi connectivity index (χ1) is 10.6. The summed E-state index contributed by atoms with van der Waals surface area (Å²) in [7, 11) is 3.72. The second-order valence-corrected chi connectivity index (χ2v) is 6.16. The third-order valence-corrected chi connectivity index (χ3v) is 4.68. The molecule has 1 aromatic rings. The summed E-state index contributed by atoms with van der Waals surface area (Å²) in [6.07, 6.45) is 0. The van der Waals surface area contributed by atoms with Gasteiger partial charge in [-0.15, -0.1) is 0 Å². The van der Waals surface area contributed by atoms with Crippen molar-refractivity contribution in [2.75, 3.05) is 59.2 Å². The zero-order valence-corrected chi connectivity index (χ0v) is 13.3. The van der Waals surface area contributed by atoms with E-state index in [4.69, 9.17) is 10.5 Å². The van der Waals surface area contributed by atoms with Gasteiger partial charge in [0.25, 0.3) is 5.91 Å². The van der Waals surface area contributed by atoms with Crippen LogP contribution in [0.1, 0.15) is 10.4 Å². The molecule has 120 valence electrons. The molecule has 22 heavy (non-hydrogen) atoms. The maximum Gasteiger partial charge on any atom is 0.254 e. The molecule has 0 bridgehead atoms. The van der Waals surface area contributed by atoms with E-state index in [1.807, 2.05) is 4.90 Å². The van der Waals surface area contributed by atoms with Crippen molar-refractivity contribution in [2.24, 2.45) is 0 Å². The van der Waals surface area contributed by atoms with Crippen LogP contribution in [0.4, 0.5) is 5.69 Å². The van der Waals surface area contributed by atoms with Crippen LogP contribution in [-0.4, -0.2) is 80.1 Å². The molecule has 2 aliphatic heterocycles. The van der Waals surface area contributed by atoms with Crippen molar-refractivity contribution < 1.29 is 9.53 Å². The summed E-state index contributed by atoms with van der Waals surface area (Å²) >= 11 is 0. The SMILES string of the molecule is COc1cc(C(=O)N2CC(N3CCN(C)CC3)C2)ccc1N. The highest BCUT2D eigenvalue weighted by atomic mass is 16.5. The van der Waals surface area contributed by atoms with Gasteiger partial charge in [-0.05, 0) is 25.2 Å². The van der Waals surface area contributed by atoms with Gasteiger partial charge in [-0.3, -0.25) is 9.69 Å². The Morgan fingerprint density at radius 1 is 1.23 bits per heavy atom. The summed E-state index contributed by atoms with van der Waals surface area (Å²) in [6.45, 7) is 6.04. The Hall–Kier alpha value is -1.79. The summed E-state index contributed by atoms with van der Waals surface area (Å²) in [6, 6.07) is 5.72. The predicted octanol–water partition coefficient (Wildman–Crippen LogP) is 0.349. The van der Waals surface area contributed by atoms with Crippen LogP contribution in [-0.2, 0) is 0 Å². The Kier molecular flexibility index (Phi) is 4.22. The minimum Gasteiger partial charge on any atom is -0.495 e. The molecule has 0 aliphatic carbocycles.